The molecule has 1 aliphatic rings. The minimum absolute atomic E-state index is 0.0917. The zero-order valence-corrected chi connectivity index (χ0v) is 21.2. The fourth-order valence-corrected chi connectivity index (χ4v) is 5.24. The molecule has 0 saturated carbocycles. The second-order valence-corrected chi connectivity index (χ2v) is 10.7. The third-order valence-electron chi connectivity index (χ3n) is 7.24. The lowest BCUT2D eigenvalue weighted by Crippen LogP contribution is -2.14. The van der Waals surface area contributed by atoms with Crippen LogP contribution in [0.1, 0.15) is 37.5 Å². The van der Waals surface area contributed by atoms with Crippen molar-refractivity contribution in [3.05, 3.63) is 138 Å². The summed E-state index contributed by atoms with van der Waals surface area (Å²) in [5, 5.41) is 0. The average Bonchev–Trinajstić information content (AvgIpc) is 3.28. The van der Waals surface area contributed by atoms with E-state index in [1.807, 2.05) is 0 Å². The first-order valence-electron chi connectivity index (χ1n) is 12.7. The molecule has 0 N–H and O–H groups in total. The normalized spacial score (nSPS) is 12.2. The predicted octanol–water partition coefficient (Wildman–Crippen LogP) is 9.69. The molecule has 0 saturated heterocycles. The second kappa shape index (κ2) is 8.84. The highest BCUT2D eigenvalue weighted by molar-refractivity contribution is 5.83. The summed E-state index contributed by atoms with van der Waals surface area (Å²) >= 11 is 0. The molecule has 6 rings (SSSR count). The number of anilines is 3. The lowest BCUT2D eigenvalue weighted by Gasteiger charge is -2.28. The van der Waals surface area contributed by atoms with Gasteiger partial charge in [0.05, 0.1) is 0 Å². The molecule has 1 heteroatoms. The van der Waals surface area contributed by atoms with E-state index in [0.717, 1.165) is 17.8 Å². The van der Waals surface area contributed by atoms with Crippen LogP contribution in [0, 0.1) is 0 Å². The van der Waals surface area contributed by atoms with E-state index < -0.39 is 0 Å². The van der Waals surface area contributed by atoms with Crippen LogP contribution in [0.2, 0.25) is 0 Å². The number of hydrogen-bond donors (Lipinski definition) is 0. The van der Waals surface area contributed by atoms with E-state index in [1.54, 1.807) is 0 Å². The minimum atomic E-state index is 0.0917. The number of hydrogen-bond acceptors (Lipinski definition) is 1. The summed E-state index contributed by atoms with van der Waals surface area (Å²) in [6.45, 7) is 6.80. The summed E-state index contributed by atoms with van der Waals surface area (Å²) in [5.41, 5.74) is 13.0. The van der Waals surface area contributed by atoms with Crippen molar-refractivity contribution in [3.8, 4) is 22.3 Å². The van der Waals surface area contributed by atoms with E-state index in [1.165, 1.54) is 44.6 Å². The highest BCUT2D eigenvalue weighted by Crippen LogP contribution is 2.40. The average molecular weight is 466 g/mol. The molecule has 0 atom stereocenters. The highest BCUT2D eigenvalue weighted by atomic mass is 15.1. The molecule has 0 bridgehead atoms. The standard InChI is InChI=1S/C35H31N/c1-35(2,3)29-11-9-14-32(24-29)36(30-12-5-4-6-13-30)31-20-18-25(19-21-31)26-16-17-28-22-27-10-7-8-15-33(27)34(28)23-26/h4-21,23-24H,22H2,1-3H3. The molecule has 0 spiro atoms. The Morgan fingerprint density at radius 1 is 0.500 bits per heavy atom. The Morgan fingerprint density at radius 2 is 1.14 bits per heavy atom. The third kappa shape index (κ3) is 4.12. The van der Waals surface area contributed by atoms with Gasteiger partial charge in [0.2, 0.25) is 0 Å². The van der Waals surface area contributed by atoms with Crippen molar-refractivity contribution >= 4 is 17.1 Å². The Bertz CT molecular complexity index is 1520. The topological polar surface area (TPSA) is 3.24 Å². The zero-order valence-electron chi connectivity index (χ0n) is 21.2. The van der Waals surface area contributed by atoms with E-state index in [4.69, 9.17) is 0 Å². The van der Waals surface area contributed by atoms with Gasteiger partial charge in [0.15, 0.2) is 0 Å². The maximum absolute atomic E-state index is 2.36. The summed E-state index contributed by atoms with van der Waals surface area (Å²) in [7, 11) is 0. The summed E-state index contributed by atoms with van der Waals surface area (Å²) in [5.74, 6) is 0. The van der Waals surface area contributed by atoms with Gasteiger partial charge >= 0.3 is 0 Å². The van der Waals surface area contributed by atoms with Crippen LogP contribution in [-0.2, 0) is 11.8 Å². The van der Waals surface area contributed by atoms with Crippen LogP contribution >= 0.6 is 0 Å². The molecule has 0 aromatic heterocycles. The van der Waals surface area contributed by atoms with Gasteiger partial charge in [-0.05, 0) is 93.2 Å². The zero-order chi connectivity index (χ0) is 24.7. The SMILES string of the molecule is CC(C)(C)c1cccc(N(c2ccccc2)c2ccc(-c3ccc4c(c3)-c3ccccc3C4)cc2)c1. The molecule has 1 aliphatic carbocycles. The number of fused-ring (bicyclic) bond motifs is 3. The molecule has 36 heavy (non-hydrogen) atoms. The molecule has 1 nitrogen and oxygen atoms in total. The van der Waals surface area contributed by atoms with Gasteiger partial charge in [-0.3, -0.25) is 0 Å². The number of nitrogens with zero attached hydrogens (tertiary/aromatic N) is 1. The summed E-state index contributed by atoms with van der Waals surface area (Å²) in [6.07, 6.45) is 1.03. The van der Waals surface area contributed by atoms with Crippen LogP contribution in [-0.4, -0.2) is 0 Å². The van der Waals surface area contributed by atoms with Gasteiger partial charge in [0, 0.05) is 17.1 Å². The Kier molecular flexibility index (Phi) is 5.49. The van der Waals surface area contributed by atoms with Crippen molar-refractivity contribution in [3.63, 3.8) is 0 Å². The maximum Gasteiger partial charge on any atom is 0.0464 e. The molecule has 0 unspecified atom stereocenters. The van der Waals surface area contributed by atoms with E-state index in [0.29, 0.717) is 0 Å². The van der Waals surface area contributed by atoms with Crippen LogP contribution in [0.15, 0.2) is 121 Å². The maximum atomic E-state index is 2.36. The van der Waals surface area contributed by atoms with Crippen molar-refractivity contribution in [2.45, 2.75) is 32.6 Å². The fourth-order valence-electron chi connectivity index (χ4n) is 5.24. The summed E-state index contributed by atoms with van der Waals surface area (Å²) in [4.78, 5) is 2.35. The Labute approximate surface area is 214 Å². The predicted molar refractivity (Wildman–Crippen MR) is 154 cm³/mol. The van der Waals surface area contributed by atoms with Gasteiger partial charge in [0.25, 0.3) is 0 Å². The van der Waals surface area contributed by atoms with E-state index >= 15 is 0 Å². The second-order valence-electron chi connectivity index (χ2n) is 10.7. The van der Waals surface area contributed by atoms with Gasteiger partial charge in [-0.1, -0.05) is 99.6 Å². The molecule has 0 fully saturated rings. The first-order chi connectivity index (χ1) is 17.5. The smallest absolute Gasteiger partial charge is 0.0464 e. The molecule has 0 amide bonds. The quantitative estimate of drug-likeness (QED) is 0.250. The van der Waals surface area contributed by atoms with Crippen LogP contribution in [0.25, 0.3) is 22.3 Å². The van der Waals surface area contributed by atoms with Crippen molar-refractivity contribution in [2.75, 3.05) is 4.90 Å². The molecule has 176 valence electrons. The van der Waals surface area contributed by atoms with Gasteiger partial charge in [-0.25, -0.2) is 0 Å². The van der Waals surface area contributed by atoms with Crippen LogP contribution < -0.4 is 4.90 Å². The molecule has 5 aromatic carbocycles. The Balaban J connectivity index is 1.39. The minimum Gasteiger partial charge on any atom is -0.310 e. The molecular weight excluding hydrogens is 434 g/mol. The first kappa shape index (κ1) is 22.4. The van der Waals surface area contributed by atoms with E-state index in [-0.39, 0.29) is 5.41 Å². The van der Waals surface area contributed by atoms with E-state index in [2.05, 4.69) is 147 Å². The van der Waals surface area contributed by atoms with Crippen LogP contribution in [0.4, 0.5) is 17.1 Å². The summed E-state index contributed by atoms with van der Waals surface area (Å²) < 4.78 is 0. The van der Waals surface area contributed by atoms with Gasteiger partial charge < -0.3 is 4.90 Å². The van der Waals surface area contributed by atoms with Crippen molar-refractivity contribution in [2.24, 2.45) is 0 Å². The van der Waals surface area contributed by atoms with Gasteiger partial charge in [-0.2, -0.15) is 0 Å². The summed E-state index contributed by atoms with van der Waals surface area (Å²) in [6, 6.07) is 44.2. The lowest BCUT2D eigenvalue weighted by molar-refractivity contribution is 0.590. The number of benzene rings is 5. The fraction of sp³-hybridized carbons (Fsp3) is 0.143. The largest absolute Gasteiger partial charge is 0.310 e. The molecule has 5 aromatic rings. The number of rotatable bonds is 4. The third-order valence-corrected chi connectivity index (χ3v) is 7.24. The van der Waals surface area contributed by atoms with Gasteiger partial charge in [0.1, 0.15) is 0 Å². The molecule has 0 heterocycles. The molecule has 0 aliphatic heterocycles. The highest BCUT2D eigenvalue weighted by Gasteiger charge is 2.19. The monoisotopic (exact) mass is 465 g/mol. The van der Waals surface area contributed by atoms with Gasteiger partial charge in [-0.15, -0.1) is 0 Å². The van der Waals surface area contributed by atoms with E-state index in [9.17, 15) is 0 Å². The van der Waals surface area contributed by atoms with Crippen LogP contribution in [0.3, 0.4) is 0 Å². The Morgan fingerprint density at radius 3 is 1.92 bits per heavy atom. The number of para-hydroxylation sites is 1. The molecular formula is C35H31N. The van der Waals surface area contributed by atoms with Crippen molar-refractivity contribution in [1.82, 2.24) is 0 Å². The lowest BCUT2D eigenvalue weighted by atomic mass is 9.87. The molecule has 0 radical (unpaired) electrons. The van der Waals surface area contributed by atoms with Crippen molar-refractivity contribution < 1.29 is 0 Å². The Hall–Kier alpha value is -4.10. The first-order valence-corrected chi connectivity index (χ1v) is 12.7. The van der Waals surface area contributed by atoms with Crippen molar-refractivity contribution in [1.29, 1.82) is 0 Å². The van der Waals surface area contributed by atoms with Crippen LogP contribution in [0.5, 0.6) is 0 Å².